The summed E-state index contributed by atoms with van der Waals surface area (Å²) in [5.74, 6) is 2.80. The highest BCUT2D eigenvalue weighted by Crippen LogP contribution is 2.46. The fourth-order valence-electron chi connectivity index (χ4n) is 3.82. The predicted molar refractivity (Wildman–Crippen MR) is 68.7 cm³/mol. The van der Waals surface area contributed by atoms with E-state index in [1.807, 2.05) is 0 Å². The normalized spacial score (nSPS) is 40.9. The van der Waals surface area contributed by atoms with Crippen molar-refractivity contribution >= 4 is 5.97 Å². The summed E-state index contributed by atoms with van der Waals surface area (Å²) in [6, 6.07) is 0. The third-order valence-electron chi connectivity index (χ3n) is 4.80. The first-order chi connectivity index (χ1) is 8.08. The molecule has 0 aromatic rings. The van der Waals surface area contributed by atoms with Crippen LogP contribution in [0.2, 0.25) is 0 Å². The molecular weight excluding hydrogens is 212 g/mol. The van der Waals surface area contributed by atoms with Gasteiger partial charge < -0.3 is 5.11 Å². The Morgan fingerprint density at radius 2 is 2.06 bits per heavy atom. The Morgan fingerprint density at radius 1 is 1.29 bits per heavy atom. The van der Waals surface area contributed by atoms with Gasteiger partial charge >= 0.3 is 5.97 Å². The number of carboxylic acids is 1. The first-order valence-corrected chi connectivity index (χ1v) is 6.98. The van der Waals surface area contributed by atoms with Gasteiger partial charge in [-0.05, 0) is 48.9 Å². The van der Waals surface area contributed by atoms with Gasteiger partial charge in [0.25, 0.3) is 0 Å². The van der Waals surface area contributed by atoms with Crippen LogP contribution >= 0.6 is 0 Å². The van der Waals surface area contributed by atoms with E-state index in [0.29, 0.717) is 24.2 Å². The van der Waals surface area contributed by atoms with E-state index in [9.17, 15) is 4.79 Å². The van der Waals surface area contributed by atoms with Crippen molar-refractivity contribution < 1.29 is 9.90 Å². The zero-order valence-corrected chi connectivity index (χ0v) is 10.9. The third kappa shape index (κ3) is 2.91. The summed E-state index contributed by atoms with van der Waals surface area (Å²) in [6.45, 7) is 4.59. The van der Waals surface area contributed by atoms with Crippen LogP contribution in [-0.4, -0.2) is 11.1 Å². The molecule has 0 heterocycles. The molecule has 0 amide bonds. The molecule has 1 N–H and O–H groups in total. The standard InChI is InChI=1S/C15H24O2/c1-10-3-6-14-12(9-10)5-4-11(2)13(14)7-8-15(16)17/h4-5,10-14H,3,6-9H2,1-2H3,(H,16,17)/t10-,11+,12+,13+,14+/m1/s1. The highest BCUT2D eigenvalue weighted by molar-refractivity contribution is 5.66. The van der Waals surface area contributed by atoms with Crippen molar-refractivity contribution in [3.05, 3.63) is 12.2 Å². The summed E-state index contributed by atoms with van der Waals surface area (Å²) in [6.07, 6.45) is 9.85. The van der Waals surface area contributed by atoms with E-state index in [2.05, 4.69) is 26.0 Å². The zero-order valence-electron chi connectivity index (χ0n) is 10.9. The highest BCUT2D eigenvalue weighted by atomic mass is 16.4. The van der Waals surface area contributed by atoms with Crippen LogP contribution in [0.5, 0.6) is 0 Å². The van der Waals surface area contributed by atoms with Crippen molar-refractivity contribution in [1.82, 2.24) is 0 Å². The molecule has 0 aromatic heterocycles. The maximum Gasteiger partial charge on any atom is 0.303 e. The van der Waals surface area contributed by atoms with Crippen LogP contribution in [0.3, 0.4) is 0 Å². The molecule has 17 heavy (non-hydrogen) atoms. The molecule has 5 atom stereocenters. The number of fused-ring (bicyclic) bond motifs is 1. The van der Waals surface area contributed by atoms with Crippen molar-refractivity contribution in [3.8, 4) is 0 Å². The second-order valence-electron chi connectivity index (χ2n) is 6.09. The van der Waals surface area contributed by atoms with Crippen LogP contribution in [0.25, 0.3) is 0 Å². The zero-order chi connectivity index (χ0) is 12.4. The molecule has 2 nitrogen and oxygen atoms in total. The molecule has 0 bridgehead atoms. The van der Waals surface area contributed by atoms with E-state index < -0.39 is 5.97 Å². The molecule has 2 aliphatic carbocycles. The first kappa shape index (κ1) is 12.7. The Labute approximate surface area is 104 Å². The molecule has 0 aromatic carbocycles. The third-order valence-corrected chi connectivity index (χ3v) is 4.80. The molecule has 0 unspecified atom stereocenters. The van der Waals surface area contributed by atoms with Crippen molar-refractivity contribution in [2.24, 2.45) is 29.6 Å². The van der Waals surface area contributed by atoms with Crippen LogP contribution in [0.1, 0.15) is 46.0 Å². The summed E-state index contributed by atoms with van der Waals surface area (Å²) < 4.78 is 0. The molecule has 0 saturated heterocycles. The molecular formula is C15H24O2. The first-order valence-electron chi connectivity index (χ1n) is 6.98. The van der Waals surface area contributed by atoms with Gasteiger partial charge in [-0.2, -0.15) is 0 Å². The second-order valence-corrected chi connectivity index (χ2v) is 6.09. The smallest absolute Gasteiger partial charge is 0.303 e. The molecule has 96 valence electrons. The van der Waals surface area contributed by atoms with Crippen LogP contribution in [-0.2, 0) is 4.79 Å². The van der Waals surface area contributed by atoms with E-state index in [4.69, 9.17) is 5.11 Å². The lowest BCUT2D eigenvalue weighted by Crippen LogP contribution is -2.34. The van der Waals surface area contributed by atoms with Crippen molar-refractivity contribution in [1.29, 1.82) is 0 Å². The molecule has 1 saturated carbocycles. The average Bonchev–Trinajstić information content (AvgIpc) is 2.27. The van der Waals surface area contributed by atoms with E-state index in [1.54, 1.807) is 0 Å². The number of hydrogen-bond donors (Lipinski definition) is 1. The largest absolute Gasteiger partial charge is 0.481 e. The Bertz CT molecular complexity index is 308. The molecule has 0 radical (unpaired) electrons. The van der Waals surface area contributed by atoms with Gasteiger partial charge in [-0.1, -0.05) is 32.4 Å². The van der Waals surface area contributed by atoms with Crippen LogP contribution in [0.15, 0.2) is 12.2 Å². The minimum Gasteiger partial charge on any atom is -0.481 e. The number of allylic oxidation sites excluding steroid dienone is 2. The fraction of sp³-hybridized carbons (Fsp3) is 0.800. The lowest BCUT2D eigenvalue weighted by molar-refractivity contribution is -0.137. The number of rotatable bonds is 3. The van der Waals surface area contributed by atoms with Crippen molar-refractivity contribution in [2.75, 3.05) is 0 Å². The maximum absolute atomic E-state index is 10.7. The Morgan fingerprint density at radius 3 is 2.76 bits per heavy atom. The summed E-state index contributed by atoms with van der Waals surface area (Å²) in [5.41, 5.74) is 0. The van der Waals surface area contributed by atoms with E-state index in [0.717, 1.165) is 18.3 Å². The fourth-order valence-corrected chi connectivity index (χ4v) is 3.82. The van der Waals surface area contributed by atoms with E-state index in [-0.39, 0.29) is 0 Å². The molecule has 0 spiro atoms. The van der Waals surface area contributed by atoms with Gasteiger partial charge in [0.2, 0.25) is 0 Å². The lowest BCUT2D eigenvalue weighted by atomic mass is 9.62. The Kier molecular flexibility index (Phi) is 3.90. The van der Waals surface area contributed by atoms with Crippen molar-refractivity contribution in [3.63, 3.8) is 0 Å². The SMILES string of the molecule is C[C@@H]1CC[C@@H]2[C@@H](CCC(=O)O)[C@@H](C)C=C[C@H]2C1. The summed E-state index contributed by atoms with van der Waals surface area (Å²) in [5, 5.41) is 8.85. The van der Waals surface area contributed by atoms with Gasteiger partial charge in [0.1, 0.15) is 0 Å². The highest BCUT2D eigenvalue weighted by Gasteiger charge is 2.37. The summed E-state index contributed by atoms with van der Waals surface area (Å²) in [4.78, 5) is 10.7. The average molecular weight is 236 g/mol. The number of carbonyl (C=O) groups is 1. The monoisotopic (exact) mass is 236 g/mol. The summed E-state index contributed by atoms with van der Waals surface area (Å²) in [7, 11) is 0. The minimum atomic E-state index is -0.646. The predicted octanol–water partition coefficient (Wildman–Crippen LogP) is 3.73. The van der Waals surface area contributed by atoms with Gasteiger partial charge in [-0.15, -0.1) is 0 Å². The van der Waals surface area contributed by atoms with E-state index in [1.165, 1.54) is 19.3 Å². The number of hydrogen-bond acceptors (Lipinski definition) is 1. The molecule has 2 aliphatic rings. The van der Waals surface area contributed by atoms with Gasteiger partial charge in [-0.25, -0.2) is 0 Å². The van der Waals surface area contributed by atoms with E-state index >= 15 is 0 Å². The number of aliphatic carboxylic acids is 1. The van der Waals surface area contributed by atoms with Crippen molar-refractivity contribution in [2.45, 2.75) is 46.0 Å². The van der Waals surface area contributed by atoms with Crippen LogP contribution < -0.4 is 0 Å². The Hall–Kier alpha value is -0.790. The molecule has 1 fully saturated rings. The van der Waals surface area contributed by atoms with Gasteiger partial charge in [0.05, 0.1) is 0 Å². The lowest BCUT2D eigenvalue weighted by Gasteiger charge is -2.43. The molecule has 2 heteroatoms. The number of carboxylic acid groups (broad SMARTS) is 1. The summed E-state index contributed by atoms with van der Waals surface area (Å²) >= 11 is 0. The topological polar surface area (TPSA) is 37.3 Å². The van der Waals surface area contributed by atoms with Crippen LogP contribution in [0.4, 0.5) is 0 Å². The maximum atomic E-state index is 10.7. The Balaban J connectivity index is 2.03. The van der Waals surface area contributed by atoms with Crippen LogP contribution in [0, 0.1) is 29.6 Å². The molecule has 0 aliphatic heterocycles. The quantitative estimate of drug-likeness (QED) is 0.758. The molecule has 2 rings (SSSR count). The minimum absolute atomic E-state index is 0.335. The second kappa shape index (κ2) is 5.24. The van der Waals surface area contributed by atoms with Gasteiger partial charge in [0, 0.05) is 6.42 Å². The van der Waals surface area contributed by atoms with Gasteiger partial charge in [-0.3, -0.25) is 4.79 Å². The van der Waals surface area contributed by atoms with Gasteiger partial charge in [0.15, 0.2) is 0 Å².